The van der Waals surface area contributed by atoms with Crippen molar-refractivity contribution in [3.05, 3.63) is 6.61 Å². The van der Waals surface area contributed by atoms with Gasteiger partial charge in [-0.1, -0.05) is 0 Å². The summed E-state index contributed by atoms with van der Waals surface area (Å²) in [5, 5.41) is 0. The molecule has 0 aliphatic heterocycles. The van der Waals surface area contributed by atoms with Crippen LogP contribution in [0, 0.1) is 6.61 Å². The Morgan fingerprint density at radius 1 is 1.33 bits per heavy atom. The molecule has 2 nitrogen and oxygen atoms in total. The lowest BCUT2D eigenvalue weighted by molar-refractivity contribution is -0.0416. The summed E-state index contributed by atoms with van der Waals surface area (Å²) in [6, 6.07) is 0. The molecule has 0 aromatic carbocycles. The molecule has 0 N–H and O–H groups in total. The first-order chi connectivity index (χ1) is 4.27. The summed E-state index contributed by atoms with van der Waals surface area (Å²) in [6.45, 7) is 0.450. The first-order valence-corrected chi connectivity index (χ1v) is 2.66. The first-order valence-electron chi connectivity index (χ1n) is 2.66. The highest BCUT2D eigenvalue weighted by molar-refractivity contribution is 4.37. The molecule has 0 aromatic heterocycles. The van der Waals surface area contributed by atoms with E-state index in [1.165, 1.54) is 0 Å². The van der Waals surface area contributed by atoms with Crippen LogP contribution >= 0.6 is 0 Å². The number of halogens is 2. The Hall–Kier alpha value is -0.220. The third-order valence-electron chi connectivity index (χ3n) is 0.643. The van der Waals surface area contributed by atoms with Crippen LogP contribution in [0.1, 0.15) is 6.92 Å². The fourth-order valence-corrected chi connectivity index (χ4v) is 0.322. The summed E-state index contributed by atoms with van der Waals surface area (Å²) < 4.78 is 30.7. The second-order valence-electron chi connectivity index (χ2n) is 1.27. The van der Waals surface area contributed by atoms with Crippen molar-refractivity contribution in [3.63, 3.8) is 0 Å². The van der Waals surface area contributed by atoms with Crippen molar-refractivity contribution >= 4 is 0 Å². The molecule has 0 atom stereocenters. The first kappa shape index (κ1) is 8.78. The van der Waals surface area contributed by atoms with Gasteiger partial charge in [-0.15, -0.1) is 0 Å². The summed E-state index contributed by atoms with van der Waals surface area (Å²) in [6.07, 6.45) is 0. The fraction of sp³-hybridized carbons (Fsp3) is 0.800. The topological polar surface area (TPSA) is 18.5 Å². The van der Waals surface area contributed by atoms with Crippen molar-refractivity contribution in [2.45, 2.75) is 6.92 Å². The maximum atomic E-state index is 11.1. The van der Waals surface area contributed by atoms with E-state index < -0.39 is 6.61 Å². The molecule has 0 heterocycles. The molecule has 0 aliphatic carbocycles. The lowest BCUT2D eigenvalue weighted by Crippen LogP contribution is -2.03. The Morgan fingerprint density at radius 2 is 2.00 bits per heavy atom. The zero-order valence-electron chi connectivity index (χ0n) is 5.19. The van der Waals surface area contributed by atoms with Gasteiger partial charge in [0, 0.05) is 6.61 Å². The molecular formula is C5H9F2O2. The lowest BCUT2D eigenvalue weighted by atomic mass is 10.7. The van der Waals surface area contributed by atoms with Gasteiger partial charge in [-0.2, -0.15) is 8.78 Å². The van der Waals surface area contributed by atoms with Gasteiger partial charge < -0.3 is 9.47 Å². The molecule has 0 aliphatic rings. The molecule has 0 spiro atoms. The maximum Gasteiger partial charge on any atom is 0.448 e. The summed E-state index contributed by atoms with van der Waals surface area (Å²) in [7, 11) is 0. The van der Waals surface area contributed by atoms with E-state index in [2.05, 4.69) is 4.74 Å². The van der Waals surface area contributed by atoms with Crippen LogP contribution in [0.4, 0.5) is 8.78 Å². The van der Waals surface area contributed by atoms with Crippen LogP contribution in [-0.2, 0) is 9.47 Å². The third-order valence-corrected chi connectivity index (χ3v) is 0.643. The highest BCUT2D eigenvalue weighted by Crippen LogP contribution is 2.02. The van der Waals surface area contributed by atoms with E-state index in [1.807, 2.05) is 0 Å². The molecule has 0 saturated heterocycles. The highest BCUT2D eigenvalue weighted by atomic mass is 19.3. The van der Waals surface area contributed by atoms with Crippen molar-refractivity contribution < 1.29 is 18.3 Å². The monoisotopic (exact) mass is 139 g/mol. The van der Waals surface area contributed by atoms with E-state index >= 15 is 0 Å². The number of hydrogen-bond acceptors (Lipinski definition) is 2. The Balaban J connectivity index is 2.75. The molecule has 0 rings (SSSR count). The van der Waals surface area contributed by atoms with Crippen molar-refractivity contribution in [2.75, 3.05) is 19.8 Å². The molecule has 1 radical (unpaired) electrons. The average Bonchev–Trinajstić information content (AvgIpc) is 1.80. The molecular weight excluding hydrogens is 130 g/mol. The molecule has 0 fully saturated rings. The van der Waals surface area contributed by atoms with Gasteiger partial charge in [0.05, 0.1) is 13.2 Å². The Morgan fingerprint density at radius 3 is 2.44 bits per heavy atom. The minimum absolute atomic E-state index is 0.0732. The van der Waals surface area contributed by atoms with E-state index in [-0.39, 0.29) is 13.2 Å². The Labute approximate surface area is 52.8 Å². The van der Waals surface area contributed by atoms with Crippen molar-refractivity contribution in [2.24, 2.45) is 0 Å². The van der Waals surface area contributed by atoms with Crippen LogP contribution in [0.15, 0.2) is 0 Å². The summed E-state index contributed by atoms with van der Waals surface area (Å²) in [5.41, 5.74) is 0. The van der Waals surface area contributed by atoms with Crippen molar-refractivity contribution in [3.8, 4) is 0 Å². The molecule has 0 amide bonds. The summed E-state index contributed by atoms with van der Waals surface area (Å²) >= 11 is 0. The molecule has 9 heavy (non-hydrogen) atoms. The quantitative estimate of drug-likeness (QED) is 0.536. The zero-order valence-corrected chi connectivity index (χ0v) is 5.19. The summed E-state index contributed by atoms with van der Waals surface area (Å²) in [5.74, 6) is 0. The predicted molar refractivity (Wildman–Crippen MR) is 27.9 cm³/mol. The molecule has 4 heteroatoms. The minimum Gasteiger partial charge on any atom is -0.379 e. The van der Waals surface area contributed by atoms with Gasteiger partial charge in [-0.3, -0.25) is 0 Å². The van der Waals surface area contributed by atoms with Crippen LogP contribution in [0.3, 0.4) is 0 Å². The minimum atomic E-state index is -2.00. The number of rotatable bonds is 5. The van der Waals surface area contributed by atoms with E-state index in [1.54, 1.807) is 6.92 Å². The van der Waals surface area contributed by atoms with E-state index in [4.69, 9.17) is 4.74 Å². The van der Waals surface area contributed by atoms with Crippen molar-refractivity contribution in [1.82, 2.24) is 0 Å². The standard InChI is InChI=1S/C5H9F2O2/c1-2-8-3-4-9-5(6)7/h2-4H2,1H3. The van der Waals surface area contributed by atoms with Crippen LogP contribution in [-0.4, -0.2) is 19.8 Å². The Kier molecular flexibility index (Phi) is 5.76. The van der Waals surface area contributed by atoms with Crippen LogP contribution in [0.25, 0.3) is 0 Å². The molecule has 55 valence electrons. The van der Waals surface area contributed by atoms with Gasteiger partial charge in [-0.05, 0) is 6.92 Å². The molecule has 0 bridgehead atoms. The lowest BCUT2D eigenvalue weighted by Gasteiger charge is -1.99. The third kappa shape index (κ3) is 7.78. The van der Waals surface area contributed by atoms with Crippen LogP contribution < -0.4 is 0 Å². The molecule has 0 aromatic rings. The number of ether oxygens (including phenoxy) is 2. The van der Waals surface area contributed by atoms with Gasteiger partial charge in [0.25, 0.3) is 0 Å². The van der Waals surface area contributed by atoms with Gasteiger partial charge >= 0.3 is 6.61 Å². The smallest absolute Gasteiger partial charge is 0.379 e. The largest absolute Gasteiger partial charge is 0.448 e. The predicted octanol–water partition coefficient (Wildman–Crippen LogP) is 1.43. The van der Waals surface area contributed by atoms with Crippen LogP contribution in [0.2, 0.25) is 0 Å². The van der Waals surface area contributed by atoms with Gasteiger partial charge in [0.2, 0.25) is 0 Å². The van der Waals surface area contributed by atoms with E-state index in [0.717, 1.165) is 0 Å². The summed E-state index contributed by atoms with van der Waals surface area (Å²) in [4.78, 5) is 0. The SMILES string of the molecule is CCOCCO[C](F)F. The van der Waals surface area contributed by atoms with Crippen molar-refractivity contribution in [1.29, 1.82) is 0 Å². The second kappa shape index (κ2) is 5.91. The van der Waals surface area contributed by atoms with Crippen LogP contribution in [0.5, 0.6) is 0 Å². The molecule has 0 unspecified atom stereocenters. The van der Waals surface area contributed by atoms with Gasteiger partial charge in [0.15, 0.2) is 0 Å². The van der Waals surface area contributed by atoms with Gasteiger partial charge in [-0.25, -0.2) is 0 Å². The van der Waals surface area contributed by atoms with E-state index in [0.29, 0.717) is 6.61 Å². The number of hydrogen-bond donors (Lipinski definition) is 0. The fourth-order valence-electron chi connectivity index (χ4n) is 0.322. The normalized spacial score (nSPS) is 10.7. The van der Waals surface area contributed by atoms with E-state index in [9.17, 15) is 8.78 Å². The van der Waals surface area contributed by atoms with Gasteiger partial charge in [0.1, 0.15) is 0 Å². The molecule has 0 saturated carbocycles. The average molecular weight is 139 g/mol. The second-order valence-corrected chi connectivity index (χ2v) is 1.27. The zero-order chi connectivity index (χ0) is 7.11. The Bertz CT molecular complexity index is 58.9. The highest BCUT2D eigenvalue weighted by Gasteiger charge is 2.03. The maximum absolute atomic E-state index is 11.1.